The van der Waals surface area contributed by atoms with E-state index >= 15 is 0 Å². The first-order valence-corrected chi connectivity index (χ1v) is 5.78. The van der Waals surface area contributed by atoms with Crippen molar-refractivity contribution in [3.8, 4) is 5.75 Å². The first-order valence-electron chi connectivity index (χ1n) is 5.78. The Kier molecular flexibility index (Phi) is 2.73. The number of rotatable bonds is 2. The summed E-state index contributed by atoms with van der Waals surface area (Å²) < 4.78 is 5.17. The molecule has 0 aliphatic carbocycles. The third kappa shape index (κ3) is 1.73. The number of likely N-dealkylation sites (N-methyl/N-ethyl adjacent to an activating group) is 1. The highest BCUT2D eigenvalue weighted by Crippen LogP contribution is 2.38. The van der Waals surface area contributed by atoms with E-state index in [1.54, 1.807) is 7.11 Å². The van der Waals surface area contributed by atoms with E-state index in [1.165, 1.54) is 0 Å². The maximum Gasteiger partial charge on any atom is 0.249 e. The smallest absolute Gasteiger partial charge is 0.249 e. The van der Waals surface area contributed by atoms with Crippen molar-refractivity contribution in [1.82, 2.24) is 0 Å². The van der Waals surface area contributed by atoms with Gasteiger partial charge in [0.1, 0.15) is 11.3 Å². The van der Waals surface area contributed by atoms with E-state index in [-0.39, 0.29) is 5.91 Å². The molecule has 0 aromatic heterocycles. The molecule has 0 atom stereocenters. The Morgan fingerprint density at radius 3 is 2.71 bits per heavy atom. The molecule has 1 N–H and O–H groups in total. The zero-order valence-electron chi connectivity index (χ0n) is 10.7. The number of fused-ring (bicyclic) bond motifs is 1. The summed E-state index contributed by atoms with van der Waals surface area (Å²) in [4.78, 5) is 14.2. The largest absolute Gasteiger partial charge is 0.497 e. The summed E-state index contributed by atoms with van der Waals surface area (Å²) in [6.07, 6.45) is 0. The number of methoxy groups -OCH3 is 1. The van der Waals surface area contributed by atoms with Crippen LogP contribution in [0.4, 0.5) is 11.4 Å². The number of hydrogen-bond acceptors (Lipinski definition) is 3. The van der Waals surface area contributed by atoms with Gasteiger partial charge in [-0.25, -0.2) is 0 Å². The number of nitrogens with one attached hydrogen (secondary N) is 1. The molecule has 0 fully saturated rings. The maximum atomic E-state index is 12.1. The molecule has 1 aromatic rings. The highest BCUT2D eigenvalue weighted by Gasteiger charge is 2.39. The second kappa shape index (κ2) is 3.95. The predicted octanol–water partition coefficient (Wildman–Crippen LogP) is 2.25. The van der Waals surface area contributed by atoms with Gasteiger partial charge in [0, 0.05) is 12.6 Å². The van der Waals surface area contributed by atoms with Gasteiger partial charge >= 0.3 is 0 Å². The van der Waals surface area contributed by atoms with E-state index in [4.69, 9.17) is 4.74 Å². The highest BCUT2D eigenvalue weighted by atomic mass is 16.5. The van der Waals surface area contributed by atoms with Gasteiger partial charge in [0.25, 0.3) is 0 Å². The summed E-state index contributed by atoms with van der Waals surface area (Å²) in [5.74, 6) is 0.764. The third-order valence-electron chi connectivity index (χ3n) is 3.29. The average molecular weight is 234 g/mol. The van der Waals surface area contributed by atoms with Crippen LogP contribution in [0.3, 0.4) is 0 Å². The van der Waals surface area contributed by atoms with Crippen molar-refractivity contribution >= 4 is 17.3 Å². The van der Waals surface area contributed by atoms with E-state index in [9.17, 15) is 4.79 Å². The lowest BCUT2D eigenvalue weighted by Gasteiger charge is -2.43. The Morgan fingerprint density at radius 1 is 1.41 bits per heavy atom. The summed E-state index contributed by atoms with van der Waals surface area (Å²) in [5, 5.41) is 2.93. The summed E-state index contributed by atoms with van der Waals surface area (Å²) in [6, 6.07) is 5.75. The van der Waals surface area contributed by atoms with Gasteiger partial charge in [0.2, 0.25) is 5.91 Å². The molecule has 4 heteroatoms. The zero-order valence-corrected chi connectivity index (χ0v) is 10.7. The van der Waals surface area contributed by atoms with Crippen molar-refractivity contribution < 1.29 is 9.53 Å². The van der Waals surface area contributed by atoms with Crippen LogP contribution in [-0.2, 0) is 4.79 Å². The van der Waals surface area contributed by atoms with Gasteiger partial charge in [0.05, 0.1) is 18.5 Å². The fraction of sp³-hybridized carbons (Fsp3) is 0.462. The standard InChI is InChI=1S/C13H18N2O2/c1-5-15-11-7-6-9(17-4)8-10(11)14-12(16)13(15,2)3/h6-8H,5H2,1-4H3,(H,14,16). The molecule has 0 saturated heterocycles. The Morgan fingerprint density at radius 2 is 2.12 bits per heavy atom. The quantitative estimate of drug-likeness (QED) is 0.853. The summed E-state index contributed by atoms with van der Waals surface area (Å²) in [7, 11) is 1.62. The maximum absolute atomic E-state index is 12.1. The molecular weight excluding hydrogens is 216 g/mol. The second-order valence-corrected chi connectivity index (χ2v) is 4.64. The predicted molar refractivity (Wildman–Crippen MR) is 68.7 cm³/mol. The molecule has 0 unspecified atom stereocenters. The number of ether oxygens (including phenoxy) is 1. The fourth-order valence-electron chi connectivity index (χ4n) is 2.24. The topological polar surface area (TPSA) is 41.6 Å². The first-order chi connectivity index (χ1) is 8.00. The lowest BCUT2D eigenvalue weighted by atomic mass is 9.96. The average Bonchev–Trinajstić information content (AvgIpc) is 2.30. The van der Waals surface area contributed by atoms with Crippen LogP contribution in [0.1, 0.15) is 20.8 Å². The van der Waals surface area contributed by atoms with Crippen LogP contribution in [0.25, 0.3) is 0 Å². The third-order valence-corrected chi connectivity index (χ3v) is 3.29. The Bertz CT molecular complexity index is 455. The number of carbonyl (C=O) groups is 1. The van der Waals surface area contributed by atoms with Crippen LogP contribution >= 0.6 is 0 Å². The van der Waals surface area contributed by atoms with Crippen molar-refractivity contribution in [2.24, 2.45) is 0 Å². The molecule has 0 radical (unpaired) electrons. The Balaban J connectivity index is 2.52. The number of anilines is 2. The summed E-state index contributed by atoms with van der Waals surface area (Å²) in [6.45, 7) is 6.70. The van der Waals surface area contributed by atoms with Crippen molar-refractivity contribution in [3.63, 3.8) is 0 Å². The summed E-state index contributed by atoms with van der Waals surface area (Å²) in [5.41, 5.74) is 1.34. The minimum atomic E-state index is -0.518. The van der Waals surface area contributed by atoms with Crippen LogP contribution in [0.5, 0.6) is 5.75 Å². The van der Waals surface area contributed by atoms with Gasteiger partial charge in [-0.1, -0.05) is 0 Å². The van der Waals surface area contributed by atoms with Crippen LogP contribution in [0.15, 0.2) is 18.2 Å². The Hall–Kier alpha value is -1.71. The zero-order chi connectivity index (χ0) is 12.6. The first kappa shape index (κ1) is 11.8. The number of benzene rings is 1. The molecule has 1 heterocycles. The van der Waals surface area contributed by atoms with Crippen LogP contribution < -0.4 is 15.0 Å². The van der Waals surface area contributed by atoms with Crippen molar-refractivity contribution in [2.45, 2.75) is 26.3 Å². The molecule has 1 aliphatic rings. The lowest BCUT2D eigenvalue weighted by Crippen LogP contribution is -2.55. The van der Waals surface area contributed by atoms with Crippen LogP contribution in [-0.4, -0.2) is 25.1 Å². The van der Waals surface area contributed by atoms with Crippen molar-refractivity contribution in [2.75, 3.05) is 23.9 Å². The number of nitrogens with zero attached hydrogens (tertiary/aromatic N) is 1. The van der Waals surface area contributed by atoms with Crippen LogP contribution in [0, 0.1) is 0 Å². The normalized spacial score (nSPS) is 17.4. The van der Waals surface area contributed by atoms with Crippen LogP contribution in [0.2, 0.25) is 0 Å². The van der Waals surface area contributed by atoms with Gasteiger partial charge in [-0.15, -0.1) is 0 Å². The van der Waals surface area contributed by atoms with Gasteiger partial charge in [-0.3, -0.25) is 4.79 Å². The minimum Gasteiger partial charge on any atom is -0.497 e. The molecule has 1 aliphatic heterocycles. The molecule has 17 heavy (non-hydrogen) atoms. The molecule has 1 amide bonds. The minimum absolute atomic E-state index is 0.0140. The summed E-state index contributed by atoms with van der Waals surface area (Å²) >= 11 is 0. The highest BCUT2D eigenvalue weighted by molar-refractivity contribution is 6.06. The van der Waals surface area contributed by atoms with E-state index in [0.29, 0.717) is 0 Å². The molecule has 0 saturated carbocycles. The Labute approximate surface area is 102 Å². The molecule has 1 aromatic carbocycles. The van der Waals surface area contributed by atoms with E-state index < -0.39 is 5.54 Å². The van der Waals surface area contributed by atoms with E-state index in [2.05, 4.69) is 10.2 Å². The SMILES string of the molecule is CCN1c2ccc(OC)cc2NC(=O)C1(C)C. The van der Waals surface area contributed by atoms with E-state index in [0.717, 1.165) is 23.7 Å². The van der Waals surface area contributed by atoms with Gasteiger partial charge in [-0.05, 0) is 32.9 Å². The fourth-order valence-corrected chi connectivity index (χ4v) is 2.24. The van der Waals surface area contributed by atoms with E-state index in [1.807, 2.05) is 39.0 Å². The molecule has 0 spiro atoms. The van der Waals surface area contributed by atoms with Gasteiger partial charge < -0.3 is 15.0 Å². The monoisotopic (exact) mass is 234 g/mol. The second-order valence-electron chi connectivity index (χ2n) is 4.64. The number of hydrogen-bond donors (Lipinski definition) is 1. The number of amides is 1. The van der Waals surface area contributed by atoms with Crippen molar-refractivity contribution in [1.29, 1.82) is 0 Å². The molecule has 92 valence electrons. The number of carbonyl (C=O) groups excluding carboxylic acids is 1. The molecule has 2 rings (SSSR count). The lowest BCUT2D eigenvalue weighted by molar-refractivity contribution is -0.120. The van der Waals surface area contributed by atoms with Crippen molar-refractivity contribution in [3.05, 3.63) is 18.2 Å². The molecule has 0 bridgehead atoms. The molecule has 4 nitrogen and oxygen atoms in total. The van der Waals surface area contributed by atoms with Gasteiger partial charge in [0.15, 0.2) is 0 Å². The molecular formula is C13H18N2O2. The van der Waals surface area contributed by atoms with Gasteiger partial charge in [-0.2, -0.15) is 0 Å².